The minimum Gasteiger partial charge on any atom is -0.469 e. The Kier molecular flexibility index (Phi) is 5.74. The molecule has 0 radical (unpaired) electrons. The summed E-state index contributed by atoms with van der Waals surface area (Å²) in [5.74, 6) is 2.98. The third kappa shape index (κ3) is 3.52. The molecule has 4 rings (SSSR count). The number of ether oxygens (including phenoxy) is 1. The molecule has 0 heterocycles. The number of esters is 1. The van der Waals surface area contributed by atoms with Crippen molar-refractivity contribution < 1.29 is 14.6 Å². The standard InChI is InChI=1S/C26H40O3/c1-17(6-5-7-24(28)29-4)21-10-11-22-20-9-8-18-16-19(27)12-14-25(18,2)23(20)13-15-26(21,22)3/h6,8,19-23,27H,5,7,9-16H2,1-4H3/b17-6+/t19-,20-,21+,22-,23-,25-,26+/m0/s1. The van der Waals surface area contributed by atoms with Crippen molar-refractivity contribution in [1.82, 2.24) is 0 Å². The number of carbonyl (C=O) groups excluding carboxylic acids is 1. The van der Waals surface area contributed by atoms with E-state index in [1.807, 2.05) is 0 Å². The molecule has 4 aliphatic rings. The molecule has 29 heavy (non-hydrogen) atoms. The molecule has 1 N–H and O–H groups in total. The summed E-state index contributed by atoms with van der Waals surface area (Å²) in [5, 5.41) is 10.2. The molecule has 7 atom stereocenters. The quantitative estimate of drug-likeness (QED) is 0.477. The van der Waals surface area contributed by atoms with Crippen molar-refractivity contribution in [2.45, 2.75) is 91.1 Å². The maximum Gasteiger partial charge on any atom is 0.305 e. The van der Waals surface area contributed by atoms with Gasteiger partial charge in [-0.15, -0.1) is 0 Å². The Morgan fingerprint density at radius 2 is 2.00 bits per heavy atom. The first-order valence-electron chi connectivity index (χ1n) is 11.9. The van der Waals surface area contributed by atoms with Crippen LogP contribution >= 0.6 is 0 Å². The van der Waals surface area contributed by atoms with Crippen molar-refractivity contribution in [2.75, 3.05) is 7.11 Å². The lowest BCUT2D eigenvalue weighted by Gasteiger charge is -2.58. The lowest BCUT2D eigenvalue weighted by atomic mass is 9.47. The first-order chi connectivity index (χ1) is 13.8. The van der Waals surface area contributed by atoms with Gasteiger partial charge in [0.1, 0.15) is 0 Å². The van der Waals surface area contributed by atoms with Gasteiger partial charge in [0, 0.05) is 6.42 Å². The zero-order chi connectivity index (χ0) is 20.8. The van der Waals surface area contributed by atoms with Gasteiger partial charge in [-0.05, 0) is 99.2 Å². The molecule has 0 aromatic heterocycles. The van der Waals surface area contributed by atoms with Gasteiger partial charge in [0.05, 0.1) is 13.2 Å². The minimum atomic E-state index is -0.117. The molecule has 0 aromatic carbocycles. The Balaban J connectivity index is 1.51. The van der Waals surface area contributed by atoms with Crippen LogP contribution in [0.4, 0.5) is 0 Å². The van der Waals surface area contributed by atoms with Crippen LogP contribution < -0.4 is 0 Å². The molecule has 0 saturated heterocycles. The summed E-state index contributed by atoms with van der Waals surface area (Å²) >= 11 is 0. The van der Waals surface area contributed by atoms with Crippen molar-refractivity contribution in [1.29, 1.82) is 0 Å². The zero-order valence-corrected chi connectivity index (χ0v) is 18.9. The van der Waals surface area contributed by atoms with E-state index in [-0.39, 0.29) is 12.1 Å². The maximum absolute atomic E-state index is 11.5. The van der Waals surface area contributed by atoms with Gasteiger partial charge in [0.25, 0.3) is 0 Å². The topological polar surface area (TPSA) is 46.5 Å². The van der Waals surface area contributed by atoms with E-state index in [1.165, 1.54) is 51.2 Å². The highest BCUT2D eigenvalue weighted by atomic mass is 16.5. The van der Waals surface area contributed by atoms with Gasteiger partial charge in [-0.1, -0.05) is 37.1 Å². The van der Waals surface area contributed by atoms with Gasteiger partial charge in [-0.2, -0.15) is 0 Å². The normalized spacial score (nSPS) is 44.4. The third-order valence-electron chi connectivity index (χ3n) is 9.67. The van der Waals surface area contributed by atoms with Crippen LogP contribution in [0.25, 0.3) is 0 Å². The van der Waals surface area contributed by atoms with E-state index in [1.54, 1.807) is 5.57 Å². The molecule has 3 saturated carbocycles. The lowest BCUT2D eigenvalue weighted by Crippen LogP contribution is -2.50. The monoisotopic (exact) mass is 400 g/mol. The Hall–Kier alpha value is -1.09. The van der Waals surface area contributed by atoms with Gasteiger partial charge in [-0.25, -0.2) is 0 Å². The third-order valence-corrected chi connectivity index (χ3v) is 9.67. The number of fused-ring (bicyclic) bond motifs is 5. The Morgan fingerprint density at radius 3 is 2.76 bits per heavy atom. The maximum atomic E-state index is 11.5. The summed E-state index contributed by atoms with van der Waals surface area (Å²) in [4.78, 5) is 11.5. The Labute approximate surface area is 177 Å². The van der Waals surface area contributed by atoms with Crippen LogP contribution in [-0.4, -0.2) is 24.3 Å². The molecule has 0 amide bonds. The second-order valence-electron chi connectivity index (χ2n) is 10.9. The number of methoxy groups -OCH3 is 1. The molecular weight excluding hydrogens is 360 g/mol. The molecule has 0 aliphatic heterocycles. The van der Waals surface area contributed by atoms with E-state index >= 15 is 0 Å². The van der Waals surface area contributed by atoms with E-state index < -0.39 is 0 Å². The summed E-state index contributed by atoms with van der Waals surface area (Å²) in [7, 11) is 1.47. The fraction of sp³-hybridized carbons (Fsp3) is 0.808. The number of carbonyl (C=O) groups is 1. The van der Waals surface area contributed by atoms with E-state index in [9.17, 15) is 9.90 Å². The first kappa shape index (κ1) is 21.2. The van der Waals surface area contributed by atoms with E-state index in [0.29, 0.717) is 23.2 Å². The van der Waals surface area contributed by atoms with Crippen molar-refractivity contribution in [3.63, 3.8) is 0 Å². The molecule has 3 fully saturated rings. The Morgan fingerprint density at radius 1 is 1.21 bits per heavy atom. The number of aliphatic hydroxyl groups is 1. The van der Waals surface area contributed by atoms with Crippen LogP contribution in [0.2, 0.25) is 0 Å². The highest BCUT2D eigenvalue weighted by molar-refractivity contribution is 5.69. The molecule has 0 unspecified atom stereocenters. The Bertz CT molecular complexity index is 707. The second-order valence-corrected chi connectivity index (χ2v) is 10.9. The van der Waals surface area contributed by atoms with E-state index in [0.717, 1.165) is 37.0 Å². The smallest absolute Gasteiger partial charge is 0.305 e. The summed E-state index contributed by atoms with van der Waals surface area (Å²) in [6, 6.07) is 0. The van der Waals surface area contributed by atoms with Crippen LogP contribution in [0.1, 0.15) is 85.0 Å². The number of hydrogen-bond acceptors (Lipinski definition) is 3. The summed E-state index contributed by atoms with van der Waals surface area (Å²) in [6.07, 6.45) is 15.6. The molecule has 0 spiro atoms. The molecule has 162 valence electrons. The molecule has 4 aliphatic carbocycles. The van der Waals surface area contributed by atoms with Gasteiger partial charge < -0.3 is 9.84 Å². The van der Waals surface area contributed by atoms with Crippen LogP contribution in [-0.2, 0) is 9.53 Å². The highest BCUT2D eigenvalue weighted by Gasteiger charge is 2.58. The van der Waals surface area contributed by atoms with Crippen molar-refractivity contribution in [3.05, 3.63) is 23.3 Å². The fourth-order valence-electron chi connectivity index (χ4n) is 8.05. The van der Waals surface area contributed by atoms with Crippen molar-refractivity contribution >= 4 is 5.97 Å². The predicted molar refractivity (Wildman–Crippen MR) is 116 cm³/mol. The molecule has 3 heteroatoms. The summed E-state index contributed by atoms with van der Waals surface area (Å²) in [5.41, 5.74) is 3.79. The summed E-state index contributed by atoms with van der Waals surface area (Å²) in [6.45, 7) is 7.37. The predicted octanol–water partition coefficient (Wildman–Crippen LogP) is 5.83. The summed E-state index contributed by atoms with van der Waals surface area (Å²) < 4.78 is 4.79. The average molecular weight is 401 g/mol. The number of hydrogen-bond donors (Lipinski definition) is 1. The van der Waals surface area contributed by atoms with Gasteiger partial charge >= 0.3 is 5.97 Å². The van der Waals surface area contributed by atoms with E-state index in [2.05, 4.69) is 32.9 Å². The highest BCUT2D eigenvalue weighted by Crippen LogP contribution is 2.67. The zero-order valence-electron chi connectivity index (χ0n) is 18.9. The minimum absolute atomic E-state index is 0.110. The average Bonchev–Trinajstić information content (AvgIpc) is 3.05. The van der Waals surface area contributed by atoms with Gasteiger partial charge in [0.15, 0.2) is 0 Å². The van der Waals surface area contributed by atoms with Crippen LogP contribution in [0, 0.1) is 34.5 Å². The van der Waals surface area contributed by atoms with Crippen LogP contribution in [0.3, 0.4) is 0 Å². The fourth-order valence-corrected chi connectivity index (χ4v) is 8.05. The molecule has 0 aromatic rings. The van der Waals surface area contributed by atoms with Crippen LogP contribution in [0.5, 0.6) is 0 Å². The number of rotatable bonds is 4. The van der Waals surface area contributed by atoms with Crippen LogP contribution in [0.15, 0.2) is 23.3 Å². The molecule has 0 bridgehead atoms. The number of allylic oxidation sites excluding steroid dienone is 3. The lowest BCUT2D eigenvalue weighted by molar-refractivity contribution is -0.140. The van der Waals surface area contributed by atoms with Gasteiger partial charge in [0.2, 0.25) is 0 Å². The first-order valence-corrected chi connectivity index (χ1v) is 11.9. The van der Waals surface area contributed by atoms with Gasteiger partial charge in [-0.3, -0.25) is 4.79 Å². The molecular formula is C26H40O3. The second kappa shape index (κ2) is 7.87. The molecule has 3 nitrogen and oxygen atoms in total. The SMILES string of the molecule is COC(=O)CC/C=C(\C)[C@H]1CC[C@H]2[C@@H]3CC=C4C[C@@H](O)CC[C@]4(C)[C@H]3CC[C@]12C. The van der Waals surface area contributed by atoms with Crippen molar-refractivity contribution in [2.24, 2.45) is 34.5 Å². The van der Waals surface area contributed by atoms with E-state index in [4.69, 9.17) is 4.74 Å². The number of aliphatic hydroxyl groups excluding tert-OH is 1. The van der Waals surface area contributed by atoms with Crippen molar-refractivity contribution in [3.8, 4) is 0 Å². The largest absolute Gasteiger partial charge is 0.469 e.